The molecule has 2 aromatic rings. The SMILES string of the molecule is Cc1ccc(CNS(=O)(=O)c2cnc(C)[nH]2)cc1. The van der Waals surface area contributed by atoms with Crippen molar-refractivity contribution in [2.75, 3.05) is 0 Å². The van der Waals surface area contributed by atoms with E-state index in [0.29, 0.717) is 5.82 Å². The fourth-order valence-corrected chi connectivity index (χ4v) is 2.48. The van der Waals surface area contributed by atoms with Crippen LogP contribution in [0.1, 0.15) is 17.0 Å². The first kappa shape index (κ1) is 12.8. The Balaban J connectivity index is 2.08. The van der Waals surface area contributed by atoms with Crippen LogP contribution in [0.2, 0.25) is 0 Å². The van der Waals surface area contributed by atoms with Crippen LogP contribution in [0.3, 0.4) is 0 Å². The molecular formula is C12H15N3O2S. The van der Waals surface area contributed by atoms with E-state index in [1.165, 1.54) is 6.20 Å². The number of rotatable bonds is 4. The molecule has 1 aromatic heterocycles. The number of sulfonamides is 1. The molecule has 0 aliphatic rings. The van der Waals surface area contributed by atoms with Gasteiger partial charge in [-0.25, -0.2) is 18.1 Å². The van der Waals surface area contributed by atoms with Gasteiger partial charge in [-0.2, -0.15) is 0 Å². The molecule has 2 rings (SSSR count). The van der Waals surface area contributed by atoms with Crippen LogP contribution in [0.25, 0.3) is 0 Å². The van der Waals surface area contributed by atoms with Gasteiger partial charge in [0.1, 0.15) is 5.82 Å². The number of aromatic amines is 1. The number of hydrogen-bond donors (Lipinski definition) is 2. The molecular weight excluding hydrogens is 250 g/mol. The van der Waals surface area contributed by atoms with Crippen molar-refractivity contribution in [2.45, 2.75) is 25.4 Å². The zero-order chi connectivity index (χ0) is 13.2. The van der Waals surface area contributed by atoms with E-state index < -0.39 is 10.0 Å². The molecule has 0 atom stereocenters. The second-order valence-electron chi connectivity index (χ2n) is 4.14. The highest BCUT2D eigenvalue weighted by Gasteiger charge is 2.15. The molecule has 2 N–H and O–H groups in total. The molecule has 0 aliphatic heterocycles. The highest BCUT2D eigenvalue weighted by molar-refractivity contribution is 7.89. The van der Waals surface area contributed by atoms with E-state index >= 15 is 0 Å². The monoisotopic (exact) mass is 265 g/mol. The number of nitrogens with zero attached hydrogens (tertiary/aromatic N) is 1. The molecule has 0 amide bonds. The minimum absolute atomic E-state index is 0.0899. The topological polar surface area (TPSA) is 74.8 Å². The summed E-state index contributed by atoms with van der Waals surface area (Å²) in [6, 6.07) is 7.69. The molecule has 0 unspecified atom stereocenters. The van der Waals surface area contributed by atoms with E-state index in [4.69, 9.17) is 0 Å². The van der Waals surface area contributed by atoms with Crippen molar-refractivity contribution in [1.82, 2.24) is 14.7 Å². The third-order valence-electron chi connectivity index (χ3n) is 2.56. The van der Waals surface area contributed by atoms with E-state index in [2.05, 4.69) is 14.7 Å². The quantitative estimate of drug-likeness (QED) is 0.879. The summed E-state index contributed by atoms with van der Waals surface area (Å²) in [5.41, 5.74) is 2.06. The minimum atomic E-state index is -3.52. The molecule has 5 nitrogen and oxygen atoms in total. The summed E-state index contributed by atoms with van der Waals surface area (Å²) in [5, 5.41) is 0.0899. The van der Waals surface area contributed by atoms with Gasteiger partial charge in [0.25, 0.3) is 10.0 Å². The van der Waals surface area contributed by atoms with E-state index in [1.807, 2.05) is 31.2 Å². The first-order chi connectivity index (χ1) is 8.47. The maximum atomic E-state index is 11.9. The van der Waals surface area contributed by atoms with Crippen LogP contribution >= 0.6 is 0 Å². The summed E-state index contributed by atoms with van der Waals surface area (Å²) in [4.78, 5) is 6.57. The molecule has 0 spiro atoms. The van der Waals surface area contributed by atoms with Gasteiger partial charge in [0, 0.05) is 6.54 Å². The Hall–Kier alpha value is -1.66. The smallest absolute Gasteiger partial charge is 0.257 e. The Bertz CT molecular complexity index is 630. The molecule has 0 aliphatic carbocycles. The zero-order valence-corrected chi connectivity index (χ0v) is 11.1. The lowest BCUT2D eigenvalue weighted by Gasteiger charge is -2.05. The maximum Gasteiger partial charge on any atom is 0.257 e. The number of imidazole rings is 1. The summed E-state index contributed by atoms with van der Waals surface area (Å²) < 4.78 is 26.3. The van der Waals surface area contributed by atoms with Crippen molar-refractivity contribution < 1.29 is 8.42 Å². The molecule has 0 saturated carbocycles. The van der Waals surface area contributed by atoms with Crippen molar-refractivity contribution in [3.8, 4) is 0 Å². The van der Waals surface area contributed by atoms with E-state index in [1.54, 1.807) is 6.92 Å². The van der Waals surface area contributed by atoms with E-state index in [0.717, 1.165) is 11.1 Å². The number of nitrogens with one attached hydrogen (secondary N) is 2. The Morgan fingerprint density at radius 3 is 2.44 bits per heavy atom. The van der Waals surface area contributed by atoms with Gasteiger partial charge in [0.15, 0.2) is 5.03 Å². The fourth-order valence-electron chi connectivity index (χ4n) is 1.50. The number of hydrogen-bond acceptors (Lipinski definition) is 3. The lowest BCUT2D eigenvalue weighted by Crippen LogP contribution is -2.23. The van der Waals surface area contributed by atoms with Gasteiger partial charge < -0.3 is 4.98 Å². The minimum Gasteiger partial charge on any atom is -0.332 e. The van der Waals surface area contributed by atoms with Crippen LogP contribution in [0, 0.1) is 13.8 Å². The van der Waals surface area contributed by atoms with Gasteiger partial charge in [-0.1, -0.05) is 29.8 Å². The van der Waals surface area contributed by atoms with Crippen LogP contribution in [0.4, 0.5) is 0 Å². The van der Waals surface area contributed by atoms with Crippen LogP contribution in [0.5, 0.6) is 0 Å². The molecule has 1 heterocycles. The summed E-state index contributed by atoms with van der Waals surface area (Å²) in [7, 11) is -3.52. The average Bonchev–Trinajstić information content (AvgIpc) is 2.76. The van der Waals surface area contributed by atoms with Crippen molar-refractivity contribution in [3.63, 3.8) is 0 Å². The average molecular weight is 265 g/mol. The van der Waals surface area contributed by atoms with Crippen LogP contribution in [-0.2, 0) is 16.6 Å². The summed E-state index contributed by atoms with van der Waals surface area (Å²) in [5.74, 6) is 0.575. The maximum absolute atomic E-state index is 11.9. The molecule has 0 saturated heterocycles. The molecule has 0 fully saturated rings. The summed E-state index contributed by atoms with van der Waals surface area (Å²) >= 11 is 0. The highest BCUT2D eigenvalue weighted by Crippen LogP contribution is 2.07. The normalized spacial score (nSPS) is 11.7. The Kier molecular flexibility index (Phi) is 3.49. The van der Waals surface area contributed by atoms with Crippen molar-refractivity contribution in [3.05, 3.63) is 47.4 Å². The summed E-state index contributed by atoms with van der Waals surface area (Å²) in [6.45, 7) is 3.96. The Labute approximate surface area is 106 Å². The van der Waals surface area contributed by atoms with Gasteiger partial charge in [-0.3, -0.25) is 0 Å². The molecule has 0 radical (unpaired) electrons. The lowest BCUT2D eigenvalue weighted by molar-refractivity contribution is 0.578. The molecule has 0 bridgehead atoms. The highest BCUT2D eigenvalue weighted by atomic mass is 32.2. The predicted octanol–water partition coefficient (Wildman–Crippen LogP) is 1.51. The van der Waals surface area contributed by atoms with Crippen molar-refractivity contribution in [2.24, 2.45) is 0 Å². The second-order valence-corrected chi connectivity index (χ2v) is 5.88. The first-order valence-corrected chi connectivity index (χ1v) is 7.02. The fraction of sp³-hybridized carbons (Fsp3) is 0.250. The van der Waals surface area contributed by atoms with Crippen LogP contribution < -0.4 is 4.72 Å². The third-order valence-corrected chi connectivity index (χ3v) is 3.87. The van der Waals surface area contributed by atoms with E-state index in [-0.39, 0.29) is 11.6 Å². The van der Waals surface area contributed by atoms with Gasteiger partial charge >= 0.3 is 0 Å². The predicted molar refractivity (Wildman–Crippen MR) is 68.5 cm³/mol. The molecule has 96 valence electrons. The summed E-state index contributed by atoms with van der Waals surface area (Å²) in [6.07, 6.45) is 1.31. The largest absolute Gasteiger partial charge is 0.332 e. The zero-order valence-electron chi connectivity index (χ0n) is 10.3. The van der Waals surface area contributed by atoms with Crippen LogP contribution in [0.15, 0.2) is 35.5 Å². The van der Waals surface area contributed by atoms with Crippen LogP contribution in [-0.4, -0.2) is 18.4 Å². The van der Waals surface area contributed by atoms with Crippen molar-refractivity contribution >= 4 is 10.0 Å². The Morgan fingerprint density at radius 2 is 1.89 bits per heavy atom. The molecule has 6 heteroatoms. The van der Waals surface area contributed by atoms with E-state index in [9.17, 15) is 8.42 Å². The standard InChI is InChI=1S/C12H15N3O2S/c1-9-3-5-11(6-4-9)7-14-18(16,17)12-8-13-10(2)15-12/h3-6,8,14H,7H2,1-2H3,(H,13,15). The third kappa shape index (κ3) is 2.96. The first-order valence-electron chi connectivity index (χ1n) is 5.54. The van der Waals surface area contributed by atoms with Gasteiger partial charge in [-0.05, 0) is 19.4 Å². The van der Waals surface area contributed by atoms with Crippen molar-refractivity contribution in [1.29, 1.82) is 0 Å². The number of benzene rings is 1. The molecule has 1 aromatic carbocycles. The number of H-pyrrole nitrogens is 1. The second kappa shape index (κ2) is 4.91. The molecule has 18 heavy (non-hydrogen) atoms. The number of aryl methyl sites for hydroxylation is 2. The lowest BCUT2D eigenvalue weighted by atomic mass is 10.2. The number of aromatic nitrogens is 2. The van der Waals surface area contributed by atoms with Gasteiger partial charge in [0.2, 0.25) is 0 Å². The van der Waals surface area contributed by atoms with Gasteiger partial charge in [0.05, 0.1) is 6.20 Å². The Morgan fingerprint density at radius 1 is 1.22 bits per heavy atom. The van der Waals surface area contributed by atoms with Gasteiger partial charge in [-0.15, -0.1) is 0 Å².